The van der Waals surface area contributed by atoms with Gasteiger partial charge in [-0.25, -0.2) is 0 Å². The predicted octanol–water partition coefficient (Wildman–Crippen LogP) is 5.02. The van der Waals surface area contributed by atoms with Crippen molar-refractivity contribution in [3.8, 4) is 5.75 Å². The van der Waals surface area contributed by atoms with Crippen LogP contribution >= 0.6 is 0 Å². The zero-order chi connectivity index (χ0) is 21.2. The Bertz CT molecular complexity index is 1260. The first-order chi connectivity index (χ1) is 15.2. The van der Waals surface area contributed by atoms with Crippen LogP contribution in [0.1, 0.15) is 15.9 Å². The van der Waals surface area contributed by atoms with Crippen molar-refractivity contribution < 1.29 is 14.3 Å². The number of benzene rings is 4. The highest BCUT2D eigenvalue weighted by Crippen LogP contribution is 2.36. The van der Waals surface area contributed by atoms with Crippen LogP contribution in [0, 0.1) is 0 Å². The Morgan fingerprint density at radius 2 is 1.58 bits per heavy atom. The van der Waals surface area contributed by atoms with Crippen LogP contribution in [0.25, 0.3) is 10.8 Å². The number of amides is 2. The van der Waals surface area contributed by atoms with Crippen LogP contribution in [0.2, 0.25) is 0 Å². The van der Waals surface area contributed by atoms with E-state index in [0.717, 1.165) is 27.8 Å². The standard InChI is InChI=1S/C26H20N2O3/c29-24(16-28-23-11-5-9-19-8-4-10-22(25(19)23)26(28)30)27-20-12-14-21(15-13-20)31-17-18-6-2-1-3-7-18/h1-15H,16-17H2,(H,27,29). The maximum Gasteiger partial charge on any atom is 0.259 e. The third kappa shape index (κ3) is 3.73. The summed E-state index contributed by atoms with van der Waals surface area (Å²) in [5, 5.41) is 4.76. The highest BCUT2D eigenvalue weighted by molar-refractivity contribution is 6.26. The van der Waals surface area contributed by atoms with Crippen molar-refractivity contribution in [3.63, 3.8) is 0 Å². The third-order valence-electron chi connectivity index (χ3n) is 5.34. The minimum absolute atomic E-state index is 0.0428. The van der Waals surface area contributed by atoms with Gasteiger partial charge in [-0.05, 0) is 47.3 Å². The van der Waals surface area contributed by atoms with E-state index in [4.69, 9.17) is 4.74 Å². The largest absolute Gasteiger partial charge is 0.489 e. The summed E-state index contributed by atoms with van der Waals surface area (Å²) >= 11 is 0. The Labute approximate surface area is 179 Å². The number of hydrogen-bond acceptors (Lipinski definition) is 3. The molecule has 4 aromatic carbocycles. The Kier molecular flexibility index (Phi) is 4.84. The van der Waals surface area contributed by atoms with E-state index < -0.39 is 0 Å². The molecule has 1 heterocycles. The predicted molar refractivity (Wildman–Crippen MR) is 121 cm³/mol. The lowest BCUT2D eigenvalue weighted by atomic mass is 10.1. The van der Waals surface area contributed by atoms with Gasteiger partial charge in [-0.3, -0.25) is 14.5 Å². The van der Waals surface area contributed by atoms with Crippen LogP contribution < -0.4 is 15.0 Å². The zero-order valence-corrected chi connectivity index (χ0v) is 16.7. The summed E-state index contributed by atoms with van der Waals surface area (Å²) < 4.78 is 5.78. The number of carbonyl (C=O) groups is 2. The van der Waals surface area contributed by atoms with Crippen LogP contribution in [0.5, 0.6) is 5.75 Å². The fourth-order valence-corrected chi connectivity index (χ4v) is 3.86. The van der Waals surface area contributed by atoms with E-state index in [1.54, 1.807) is 18.2 Å². The van der Waals surface area contributed by atoms with Crippen molar-refractivity contribution in [3.05, 3.63) is 102 Å². The first-order valence-electron chi connectivity index (χ1n) is 10.1. The molecule has 2 amide bonds. The van der Waals surface area contributed by atoms with Gasteiger partial charge in [0, 0.05) is 16.6 Å². The monoisotopic (exact) mass is 408 g/mol. The Morgan fingerprint density at radius 3 is 2.35 bits per heavy atom. The van der Waals surface area contributed by atoms with Crippen molar-refractivity contribution in [2.45, 2.75) is 6.61 Å². The van der Waals surface area contributed by atoms with Gasteiger partial charge in [0.1, 0.15) is 18.9 Å². The summed E-state index contributed by atoms with van der Waals surface area (Å²) in [6.45, 7) is 0.439. The van der Waals surface area contributed by atoms with Gasteiger partial charge in [-0.2, -0.15) is 0 Å². The summed E-state index contributed by atoms with van der Waals surface area (Å²) in [4.78, 5) is 27.0. The fourth-order valence-electron chi connectivity index (χ4n) is 3.86. The molecule has 0 fully saturated rings. The summed E-state index contributed by atoms with van der Waals surface area (Å²) in [6.07, 6.45) is 0. The van der Waals surface area contributed by atoms with E-state index in [9.17, 15) is 9.59 Å². The van der Waals surface area contributed by atoms with Gasteiger partial charge in [-0.1, -0.05) is 54.6 Å². The maximum atomic E-state index is 12.8. The van der Waals surface area contributed by atoms with Crippen molar-refractivity contribution in [1.29, 1.82) is 0 Å². The number of anilines is 2. The van der Waals surface area contributed by atoms with E-state index in [1.807, 2.05) is 72.8 Å². The normalized spacial score (nSPS) is 12.3. The topological polar surface area (TPSA) is 58.6 Å². The molecule has 0 aliphatic carbocycles. The van der Waals surface area contributed by atoms with Crippen LogP contribution in [-0.2, 0) is 11.4 Å². The number of rotatable bonds is 6. The molecule has 1 aliphatic rings. The molecule has 0 radical (unpaired) electrons. The van der Waals surface area contributed by atoms with E-state index in [1.165, 1.54) is 4.90 Å². The Hall–Kier alpha value is -4.12. The number of nitrogens with one attached hydrogen (secondary N) is 1. The molecular weight excluding hydrogens is 388 g/mol. The molecule has 31 heavy (non-hydrogen) atoms. The van der Waals surface area contributed by atoms with Gasteiger partial charge in [0.05, 0.1) is 5.69 Å². The number of hydrogen-bond donors (Lipinski definition) is 1. The molecule has 0 atom stereocenters. The van der Waals surface area contributed by atoms with Gasteiger partial charge >= 0.3 is 0 Å². The Balaban J connectivity index is 1.23. The van der Waals surface area contributed by atoms with Gasteiger partial charge in [-0.15, -0.1) is 0 Å². The first kappa shape index (κ1) is 18.9. The smallest absolute Gasteiger partial charge is 0.259 e. The SMILES string of the molecule is O=C(CN1C(=O)c2cccc3cccc1c23)Nc1ccc(OCc2ccccc2)cc1. The number of carbonyl (C=O) groups excluding carboxylic acids is 2. The summed E-state index contributed by atoms with van der Waals surface area (Å²) in [5.74, 6) is 0.321. The molecule has 4 aromatic rings. The quantitative estimate of drug-likeness (QED) is 0.487. The van der Waals surface area contributed by atoms with E-state index in [2.05, 4.69) is 5.32 Å². The van der Waals surface area contributed by atoms with Gasteiger partial charge < -0.3 is 10.1 Å². The van der Waals surface area contributed by atoms with Gasteiger partial charge in [0.2, 0.25) is 5.91 Å². The molecule has 0 aromatic heterocycles. The molecule has 5 heteroatoms. The van der Waals surface area contributed by atoms with Crippen LogP contribution in [0.15, 0.2) is 91.0 Å². The summed E-state index contributed by atoms with van der Waals surface area (Å²) in [5.41, 5.74) is 3.16. The minimum atomic E-state index is -0.254. The average molecular weight is 408 g/mol. The minimum Gasteiger partial charge on any atom is -0.489 e. The second-order valence-electron chi connectivity index (χ2n) is 7.42. The highest BCUT2D eigenvalue weighted by Gasteiger charge is 2.30. The van der Waals surface area contributed by atoms with Crippen LogP contribution in [-0.4, -0.2) is 18.4 Å². The molecule has 5 nitrogen and oxygen atoms in total. The lowest BCUT2D eigenvalue weighted by Gasteiger charge is -2.17. The first-order valence-corrected chi connectivity index (χ1v) is 10.1. The fraction of sp³-hybridized carbons (Fsp3) is 0.0769. The van der Waals surface area contributed by atoms with Crippen molar-refractivity contribution in [2.24, 2.45) is 0 Å². The molecule has 0 bridgehead atoms. The lowest BCUT2D eigenvalue weighted by Crippen LogP contribution is -2.35. The number of ether oxygens (including phenoxy) is 1. The molecule has 5 rings (SSSR count). The van der Waals surface area contributed by atoms with Crippen molar-refractivity contribution >= 4 is 34.0 Å². The van der Waals surface area contributed by atoms with E-state index in [0.29, 0.717) is 17.9 Å². The number of nitrogens with zero attached hydrogens (tertiary/aromatic N) is 1. The lowest BCUT2D eigenvalue weighted by molar-refractivity contribution is -0.114. The third-order valence-corrected chi connectivity index (χ3v) is 5.34. The molecule has 1 N–H and O–H groups in total. The Morgan fingerprint density at radius 1 is 0.839 bits per heavy atom. The van der Waals surface area contributed by atoms with E-state index >= 15 is 0 Å². The summed E-state index contributed by atoms with van der Waals surface area (Å²) in [6, 6.07) is 28.5. The highest BCUT2D eigenvalue weighted by atomic mass is 16.5. The van der Waals surface area contributed by atoms with Crippen molar-refractivity contribution in [2.75, 3.05) is 16.8 Å². The summed E-state index contributed by atoms with van der Waals surface area (Å²) in [7, 11) is 0. The maximum absolute atomic E-state index is 12.8. The molecular formula is C26H20N2O3. The average Bonchev–Trinajstić information content (AvgIpc) is 3.07. The molecule has 1 aliphatic heterocycles. The van der Waals surface area contributed by atoms with Gasteiger partial charge in [0.25, 0.3) is 5.91 Å². The zero-order valence-electron chi connectivity index (χ0n) is 16.7. The molecule has 0 spiro atoms. The van der Waals surface area contributed by atoms with Crippen molar-refractivity contribution in [1.82, 2.24) is 0 Å². The van der Waals surface area contributed by atoms with E-state index in [-0.39, 0.29) is 18.4 Å². The van der Waals surface area contributed by atoms with Crippen LogP contribution in [0.3, 0.4) is 0 Å². The second kappa shape index (κ2) is 7.95. The molecule has 0 saturated heterocycles. The molecule has 152 valence electrons. The van der Waals surface area contributed by atoms with Crippen LogP contribution in [0.4, 0.5) is 11.4 Å². The van der Waals surface area contributed by atoms with Gasteiger partial charge in [0.15, 0.2) is 0 Å². The molecule has 0 unspecified atom stereocenters. The molecule has 0 saturated carbocycles. The second-order valence-corrected chi connectivity index (χ2v) is 7.42.